The van der Waals surface area contributed by atoms with E-state index in [2.05, 4.69) is 57.9 Å². The lowest BCUT2D eigenvalue weighted by molar-refractivity contribution is 0.472. The zero-order valence-electron chi connectivity index (χ0n) is 17.3. The van der Waals surface area contributed by atoms with E-state index in [4.69, 9.17) is 10.2 Å². The number of nitrogens with zero attached hydrogens (tertiary/aromatic N) is 4. The van der Waals surface area contributed by atoms with E-state index in [0.29, 0.717) is 0 Å². The molecular formula is C25H20Br2N4O2S2. The molecule has 6 nitrogen and oxygen atoms in total. The quantitative estimate of drug-likeness (QED) is 0.177. The van der Waals surface area contributed by atoms with Gasteiger partial charge in [0.1, 0.15) is 21.1 Å². The Hall–Kier alpha value is -2.92. The summed E-state index contributed by atoms with van der Waals surface area (Å²) in [6.07, 6.45) is 2.81. The van der Waals surface area contributed by atoms with Crippen molar-refractivity contribution in [1.82, 2.24) is 19.9 Å². The molecule has 178 valence electrons. The molecule has 0 spiro atoms. The Balaban J connectivity index is 0.000000156. The number of aromatic hydroxyl groups is 2. The lowest BCUT2D eigenvalue weighted by Gasteiger charge is -1.94. The standard InChI is InChI=1S/C12H8N2OS.C7H4BrNS.C5H4BrNO.CH4/c15-8-5-6-10(13-7-8)12-14-9-3-1-2-4-11(9)16-12;8-7-9-5-3-1-2-4-6(5)10-7;6-5-2-1-4(8)3-7-5;/h1-7,15H;1-4H;1-3,8H;1H4. The highest BCUT2D eigenvalue weighted by Crippen LogP contribution is 2.29. The fourth-order valence-electron chi connectivity index (χ4n) is 2.71. The summed E-state index contributed by atoms with van der Waals surface area (Å²) >= 11 is 9.71. The van der Waals surface area contributed by atoms with E-state index in [0.717, 1.165) is 35.0 Å². The minimum absolute atomic E-state index is 0. The zero-order valence-corrected chi connectivity index (χ0v) is 22.1. The fourth-order valence-corrected chi connectivity index (χ4v) is 5.29. The maximum Gasteiger partial charge on any atom is 0.160 e. The SMILES string of the molecule is Brc1nc2ccccc2s1.C.Oc1ccc(-c2nc3ccccc3s2)nc1.Oc1ccc(Br)nc1. The monoisotopic (exact) mass is 630 g/mol. The molecule has 0 radical (unpaired) electrons. The van der Waals surface area contributed by atoms with E-state index in [1.807, 2.05) is 42.5 Å². The molecule has 0 fully saturated rings. The van der Waals surface area contributed by atoms with Gasteiger partial charge in [0.2, 0.25) is 0 Å². The molecule has 0 aliphatic carbocycles. The lowest BCUT2D eigenvalue weighted by Crippen LogP contribution is -1.80. The van der Waals surface area contributed by atoms with Crippen molar-refractivity contribution in [1.29, 1.82) is 0 Å². The van der Waals surface area contributed by atoms with Crippen LogP contribution in [0.2, 0.25) is 0 Å². The smallest absolute Gasteiger partial charge is 0.160 e. The van der Waals surface area contributed by atoms with Gasteiger partial charge in [-0.2, -0.15) is 0 Å². The van der Waals surface area contributed by atoms with Crippen molar-refractivity contribution in [2.75, 3.05) is 0 Å². The van der Waals surface area contributed by atoms with Crippen LogP contribution in [0.25, 0.3) is 31.1 Å². The van der Waals surface area contributed by atoms with E-state index >= 15 is 0 Å². The molecule has 4 heterocycles. The van der Waals surface area contributed by atoms with Crippen molar-refractivity contribution < 1.29 is 10.2 Å². The minimum atomic E-state index is 0. The van der Waals surface area contributed by atoms with E-state index in [9.17, 15) is 0 Å². The van der Waals surface area contributed by atoms with Gasteiger partial charge in [0.05, 0.1) is 38.5 Å². The normalized spacial score (nSPS) is 10.0. The second kappa shape index (κ2) is 12.7. The van der Waals surface area contributed by atoms with Crippen molar-refractivity contribution in [3.05, 3.63) is 93.7 Å². The van der Waals surface area contributed by atoms with Gasteiger partial charge in [-0.05, 0) is 80.4 Å². The maximum absolute atomic E-state index is 9.16. The van der Waals surface area contributed by atoms with Crippen LogP contribution in [0, 0.1) is 0 Å². The average Bonchev–Trinajstić information content (AvgIpc) is 3.45. The summed E-state index contributed by atoms with van der Waals surface area (Å²) in [6.45, 7) is 0. The zero-order chi connectivity index (χ0) is 23.9. The third-order valence-electron chi connectivity index (χ3n) is 4.24. The van der Waals surface area contributed by atoms with Crippen molar-refractivity contribution in [2.45, 2.75) is 7.43 Å². The van der Waals surface area contributed by atoms with Crippen molar-refractivity contribution in [2.24, 2.45) is 0 Å². The molecule has 0 amide bonds. The Kier molecular flexibility index (Phi) is 9.67. The van der Waals surface area contributed by atoms with Gasteiger partial charge in [0.25, 0.3) is 0 Å². The van der Waals surface area contributed by atoms with Crippen LogP contribution in [0.5, 0.6) is 11.5 Å². The fraction of sp³-hybridized carbons (Fsp3) is 0.0400. The first-order chi connectivity index (χ1) is 16.5. The van der Waals surface area contributed by atoms with Crippen LogP contribution in [0.4, 0.5) is 0 Å². The second-order valence-electron chi connectivity index (χ2n) is 6.66. The number of pyridine rings is 2. The maximum atomic E-state index is 9.16. The van der Waals surface area contributed by atoms with Crippen LogP contribution in [-0.2, 0) is 0 Å². The molecule has 6 aromatic rings. The van der Waals surface area contributed by atoms with Crippen LogP contribution < -0.4 is 0 Å². The molecule has 0 bridgehead atoms. The van der Waals surface area contributed by atoms with Crippen molar-refractivity contribution in [3.8, 4) is 22.2 Å². The minimum Gasteiger partial charge on any atom is -0.506 e. The van der Waals surface area contributed by atoms with Crippen LogP contribution in [0.1, 0.15) is 7.43 Å². The first kappa shape index (κ1) is 26.7. The number of para-hydroxylation sites is 2. The molecule has 2 N–H and O–H groups in total. The molecule has 0 atom stereocenters. The molecule has 6 rings (SSSR count). The Morgan fingerprint density at radius 2 is 1.20 bits per heavy atom. The number of halogens is 2. The third kappa shape index (κ3) is 7.53. The third-order valence-corrected chi connectivity index (χ3v) is 7.26. The molecule has 10 heteroatoms. The summed E-state index contributed by atoms with van der Waals surface area (Å²) < 4.78 is 4.06. The van der Waals surface area contributed by atoms with Crippen LogP contribution in [0.15, 0.2) is 93.7 Å². The van der Waals surface area contributed by atoms with Crippen molar-refractivity contribution >= 4 is 75.0 Å². The average molecular weight is 632 g/mol. The Morgan fingerprint density at radius 1 is 0.629 bits per heavy atom. The first-order valence-corrected chi connectivity index (χ1v) is 13.0. The van der Waals surface area contributed by atoms with E-state index in [1.54, 1.807) is 46.9 Å². The highest BCUT2D eigenvalue weighted by molar-refractivity contribution is 9.11. The number of benzene rings is 2. The number of hydrogen-bond donors (Lipinski definition) is 2. The van der Waals surface area contributed by atoms with E-state index in [1.165, 1.54) is 17.1 Å². The molecule has 0 aliphatic rings. The lowest BCUT2D eigenvalue weighted by atomic mass is 10.3. The van der Waals surface area contributed by atoms with Gasteiger partial charge in [0.15, 0.2) is 3.92 Å². The van der Waals surface area contributed by atoms with Gasteiger partial charge >= 0.3 is 0 Å². The van der Waals surface area contributed by atoms with Crippen molar-refractivity contribution in [3.63, 3.8) is 0 Å². The van der Waals surface area contributed by atoms with Gasteiger partial charge in [-0.3, -0.25) is 0 Å². The molecule has 0 saturated carbocycles. The van der Waals surface area contributed by atoms with Crippen LogP contribution in [0.3, 0.4) is 0 Å². The molecule has 0 aliphatic heterocycles. The van der Waals surface area contributed by atoms with Crippen LogP contribution >= 0.6 is 54.5 Å². The summed E-state index contributed by atoms with van der Waals surface area (Å²) in [5.74, 6) is 0.359. The van der Waals surface area contributed by atoms with Gasteiger partial charge in [-0.25, -0.2) is 19.9 Å². The van der Waals surface area contributed by atoms with Gasteiger partial charge in [0, 0.05) is 0 Å². The Morgan fingerprint density at radius 3 is 1.71 bits per heavy atom. The molecule has 0 unspecified atom stereocenters. The highest BCUT2D eigenvalue weighted by atomic mass is 79.9. The van der Waals surface area contributed by atoms with Gasteiger partial charge in [-0.15, -0.1) is 22.7 Å². The predicted octanol–water partition coefficient (Wildman–Crippen LogP) is 8.31. The summed E-state index contributed by atoms with van der Waals surface area (Å²) in [5.41, 5.74) is 2.84. The summed E-state index contributed by atoms with van der Waals surface area (Å²) in [6, 6.07) is 22.7. The predicted molar refractivity (Wildman–Crippen MR) is 152 cm³/mol. The molecule has 0 saturated heterocycles. The van der Waals surface area contributed by atoms with E-state index < -0.39 is 0 Å². The summed E-state index contributed by atoms with van der Waals surface area (Å²) in [5, 5.41) is 18.7. The Labute approximate surface area is 227 Å². The van der Waals surface area contributed by atoms with Gasteiger partial charge in [-0.1, -0.05) is 31.7 Å². The van der Waals surface area contributed by atoms with E-state index in [-0.39, 0.29) is 18.9 Å². The number of rotatable bonds is 1. The second-order valence-corrected chi connectivity index (χ2v) is 10.8. The number of hydrogen-bond acceptors (Lipinski definition) is 8. The Bertz CT molecular complexity index is 1420. The highest BCUT2D eigenvalue weighted by Gasteiger charge is 2.06. The summed E-state index contributed by atoms with van der Waals surface area (Å²) in [7, 11) is 0. The number of aromatic nitrogens is 4. The number of thiazole rings is 2. The molecule has 4 aromatic heterocycles. The largest absolute Gasteiger partial charge is 0.506 e. The van der Waals surface area contributed by atoms with Crippen LogP contribution in [-0.4, -0.2) is 30.1 Å². The topological polar surface area (TPSA) is 92.0 Å². The summed E-state index contributed by atoms with van der Waals surface area (Å²) in [4.78, 5) is 16.6. The molecular weight excluding hydrogens is 612 g/mol. The molecule has 2 aromatic carbocycles. The molecule has 35 heavy (non-hydrogen) atoms. The first-order valence-electron chi connectivity index (χ1n) is 9.80. The van der Waals surface area contributed by atoms with Gasteiger partial charge < -0.3 is 10.2 Å². The number of fused-ring (bicyclic) bond motifs is 2.